The van der Waals surface area contributed by atoms with E-state index in [1.54, 1.807) is 14.2 Å². The molecule has 0 unspecified atom stereocenters. The Morgan fingerprint density at radius 2 is 1.71 bits per heavy atom. The maximum Gasteiger partial charge on any atom is 0.173 e. The molecule has 2 aromatic carbocycles. The van der Waals surface area contributed by atoms with Crippen molar-refractivity contribution in [2.45, 2.75) is 19.1 Å². The van der Waals surface area contributed by atoms with Crippen LogP contribution in [-0.2, 0) is 17.8 Å². The van der Waals surface area contributed by atoms with Crippen molar-refractivity contribution in [2.24, 2.45) is 0 Å². The summed E-state index contributed by atoms with van der Waals surface area (Å²) in [5, 5.41) is 12.7. The maximum absolute atomic E-state index is 5.55. The molecule has 1 aliphatic heterocycles. The summed E-state index contributed by atoms with van der Waals surface area (Å²) < 4.78 is 12.7. The average Bonchev–Trinajstić information content (AvgIpc) is 3.32. The van der Waals surface area contributed by atoms with E-state index in [4.69, 9.17) is 9.47 Å². The van der Waals surface area contributed by atoms with Crippen LogP contribution < -0.4 is 9.64 Å². The second kappa shape index (κ2) is 11.4. The van der Waals surface area contributed by atoms with Crippen molar-refractivity contribution in [1.82, 2.24) is 30.0 Å². The smallest absolute Gasteiger partial charge is 0.173 e. The molecule has 0 aliphatic carbocycles. The van der Waals surface area contributed by atoms with Crippen LogP contribution in [0.5, 0.6) is 5.75 Å². The van der Waals surface area contributed by atoms with Crippen LogP contribution >= 0.6 is 0 Å². The van der Waals surface area contributed by atoms with Crippen LogP contribution in [0.1, 0.15) is 23.0 Å². The van der Waals surface area contributed by atoms with Gasteiger partial charge in [-0.05, 0) is 34.2 Å². The van der Waals surface area contributed by atoms with Gasteiger partial charge in [0.25, 0.3) is 0 Å². The second-order valence-corrected chi connectivity index (χ2v) is 8.77. The number of para-hydroxylation sites is 1. The molecule has 9 heteroatoms. The number of rotatable bonds is 10. The van der Waals surface area contributed by atoms with Gasteiger partial charge in [-0.3, -0.25) is 9.80 Å². The monoisotopic (exact) mass is 465 g/mol. The summed E-state index contributed by atoms with van der Waals surface area (Å²) in [6.45, 7) is 5.84. The van der Waals surface area contributed by atoms with E-state index in [1.807, 2.05) is 16.8 Å². The third-order valence-electron chi connectivity index (χ3n) is 6.40. The van der Waals surface area contributed by atoms with Gasteiger partial charge >= 0.3 is 0 Å². The minimum Gasteiger partial charge on any atom is -0.496 e. The van der Waals surface area contributed by atoms with E-state index in [1.165, 1.54) is 16.8 Å². The Morgan fingerprint density at radius 1 is 0.971 bits per heavy atom. The first kappa shape index (κ1) is 24.1. The molecule has 1 aromatic heterocycles. The molecule has 9 nitrogen and oxygen atoms in total. The Kier molecular flexibility index (Phi) is 8.10. The normalized spacial score (nSPS) is 15.9. The lowest BCUT2D eigenvalue weighted by Gasteiger charge is -2.39. The molecule has 0 spiro atoms. The van der Waals surface area contributed by atoms with Crippen molar-refractivity contribution in [3.63, 3.8) is 0 Å². The first-order chi connectivity index (χ1) is 16.6. The highest BCUT2D eigenvalue weighted by atomic mass is 16.5. The molecule has 0 bridgehead atoms. The lowest BCUT2D eigenvalue weighted by atomic mass is 10.0. The van der Waals surface area contributed by atoms with E-state index < -0.39 is 0 Å². The summed E-state index contributed by atoms with van der Waals surface area (Å²) in [6, 6.07) is 16.9. The largest absolute Gasteiger partial charge is 0.496 e. The van der Waals surface area contributed by atoms with Crippen molar-refractivity contribution in [1.29, 1.82) is 0 Å². The number of tetrazole rings is 1. The van der Waals surface area contributed by atoms with Crippen LogP contribution in [0.2, 0.25) is 0 Å². The number of piperazine rings is 1. The Hall–Kier alpha value is -3.01. The number of anilines is 1. The van der Waals surface area contributed by atoms with Crippen LogP contribution in [-0.4, -0.2) is 91.1 Å². The van der Waals surface area contributed by atoms with E-state index in [9.17, 15) is 0 Å². The predicted octanol–water partition coefficient (Wildman–Crippen LogP) is 2.30. The highest BCUT2D eigenvalue weighted by molar-refractivity contribution is 5.47. The lowest BCUT2D eigenvalue weighted by Crippen LogP contribution is -2.48. The molecular weight excluding hydrogens is 430 g/mol. The summed E-state index contributed by atoms with van der Waals surface area (Å²) in [7, 11) is 7.54. The van der Waals surface area contributed by atoms with Crippen LogP contribution in [0, 0.1) is 0 Å². The molecule has 182 valence electrons. The highest BCUT2D eigenvalue weighted by Gasteiger charge is 2.30. The number of hydrogen-bond acceptors (Lipinski definition) is 8. The predicted molar refractivity (Wildman–Crippen MR) is 132 cm³/mol. The third kappa shape index (κ3) is 5.55. The molecule has 3 aromatic rings. The van der Waals surface area contributed by atoms with Gasteiger partial charge in [-0.2, -0.15) is 0 Å². The van der Waals surface area contributed by atoms with Gasteiger partial charge in [0.15, 0.2) is 5.82 Å². The standard InChI is InChI=1S/C25H35N7O2/c1-29(2)22-11-9-20(10-12-22)24(25-26-27-28-32(25)17-18-33-3)31-15-13-30(14-16-31)19-21-7-5-6-8-23(21)34-4/h5-12,24H,13-19H2,1-4H3/t24-/m1/s1. The molecule has 4 rings (SSSR count). The summed E-state index contributed by atoms with van der Waals surface area (Å²) >= 11 is 0. The topological polar surface area (TPSA) is 71.8 Å². The fourth-order valence-corrected chi connectivity index (χ4v) is 4.48. The van der Waals surface area contributed by atoms with Gasteiger partial charge in [-0.1, -0.05) is 30.3 Å². The van der Waals surface area contributed by atoms with Crippen molar-refractivity contribution in [3.05, 3.63) is 65.5 Å². The molecular formula is C25H35N7O2. The van der Waals surface area contributed by atoms with E-state index in [-0.39, 0.29) is 6.04 Å². The number of ether oxygens (including phenoxy) is 2. The van der Waals surface area contributed by atoms with E-state index >= 15 is 0 Å². The average molecular weight is 466 g/mol. The summed E-state index contributed by atoms with van der Waals surface area (Å²) in [6.07, 6.45) is 0. The van der Waals surface area contributed by atoms with Gasteiger partial charge in [0.2, 0.25) is 0 Å². The molecule has 1 atom stereocenters. The molecule has 34 heavy (non-hydrogen) atoms. The first-order valence-corrected chi connectivity index (χ1v) is 11.7. The lowest BCUT2D eigenvalue weighted by molar-refractivity contribution is 0.0983. The van der Waals surface area contributed by atoms with Crippen molar-refractivity contribution < 1.29 is 9.47 Å². The number of nitrogens with zero attached hydrogens (tertiary/aromatic N) is 7. The summed E-state index contributed by atoms with van der Waals surface area (Å²) in [5.74, 6) is 1.80. The second-order valence-electron chi connectivity index (χ2n) is 8.77. The van der Waals surface area contributed by atoms with Crippen LogP contribution in [0.25, 0.3) is 0 Å². The quantitative estimate of drug-likeness (QED) is 0.452. The Bertz CT molecular complexity index is 1030. The number of hydrogen-bond donors (Lipinski definition) is 0. The molecule has 2 heterocycles. The summed E-state index contributed by atoms with van der Waals surface area (Å²) in [4.78, 5) is 7.07. The van der Waals surface area contributed by atoms with Crippen molar-refractivity contribution in [3.8, 4) is 5.75 Å². The molecule has 0 amide bonds. The maximum atomic E-state index is 5.55. The number of aromatic nitrogens is 4. The zero-order chi connectivity index (χ0) is 23.9. The Labute approximate surface area is 201 Å². The number of methoxy groups -OCH3 is 2. The first-order valence-electron chi connectivity index (χ1n) is 11.7. The van der Waals surface area contributed by atoms with Gasteiger partial charge in [0.1, 0.15) is 5.75 Å². The fourth-order valence-electron chi connectivity index (χ4n) is 4.48. The minimum absolute atomic E-state index is 0.0171. The molecule has 1 fully saturated rings. The van der Waals surface area contributed by atoms with Gasteiger partial charge < -0.3 is 14.4 Å². The van der Waals surface area contributed by atoms with E-state index in [2.05, 4.69) is 80.7 Å². The SMILES string of the molecule is COCCn1nnnc1[C@@H](c1ccc(N(C)C)cc1)N1CCN(Cc2ccccc2OC)CC1. The Morgan fingerprint density at radius 3 is 2.38 bits per heavy atom. The molecule has 0 N–H and O–H groups in total. The minimum atomic E-state index is -0.0171. The van der Waals surface area contributed by atoms with Crippen molar-refractivity contribution >= 4 is 5.69 Å². The van der Waals surface area contributed by atoms with Crippen LogP contribution in [0.3, 0.4) is 0 Å². The zero-order valence-electron chi connectivity index (χ0n) is 20.6. The molecule has 0 radical (unpaired) electrons. The van der Waals surface area contributed by atoms with E-state index in [0.29, 0.717) is 13.2 Å². The van der Waals surface area contributed by atoms with Gasteiger partial charge in [0.05, 0.1) is 26.3 Å². The molecule has 1 saturated heterocycles. The molecule has 0 saturated carbocycles. The van der Waals surface area contributed by atoms with Gasteiger partial charge in [-0.25, -0.2) is 4.68 Å². The Balaban J connectivity index is 1.53. The summed E-state index contributed by atoms with van der Waals surface area (Å²) in [5.41, 5.74) is 3.58. The van der Waals surface area contributed by atoms with Gasteiger partial charge in [0, 0.05) is 65.2 Å². The van der Waals surface area contributed by atoms with E-state index in [0.717, 1.165) is 44.3 Å². The fraction of sp³-hybridized carbons (Fsp3) is 0.480. The highest BCUT2D eigenvalue weighted by Crippen LogP contribution is 2.30. The van der Waals surface area contributed by atoms with Crippen LogP contribution in [0.4, 0.5) is 5.69 Å². The molecule has 1 aliphatic rings. The third-order valence-corrected chi connectivity index (χ3v) is 6.40. The van der Waals surface area contributed by atoms with Crippen LogP contribution in [0.15, 0.2) is 48.5 Å². The zero-order valence-corrected chi connectivity index (χ0v) is 20.6. The van der Waals surface area contributed by atoms with Gasteiger partial charge in [-0.15, -0.1) is 5.10 Å². The van der Waals surface area contributed by atoms with Crippen molar-refractivity contribution in [2.75, 3.05) is 66.0 Å². The number of benzene rings is 2.